The van der Waals surface area contributed by atoms with Crippen molar-refractivity contribution in [3.8, 4) is 0 Å². The molecule has 0 radical (unpaired) electrons. The van der Waals surface area contributed by atoms with Gasteiger partial charge >= 0.3 is 0 Å². The fourth-order valence-electron chi connectivity index (χ4n) is 3.46. The maximum atomic E-state index is 10.6. The normalized spacial score (nSPS) is 34.8. The van der Waals surface area contributed by atoms with E-state index in [9.17, 15) is 10.2 Å². The number of hydrogen-bond acceptors (Lipinski definition) is 4. The molecule has 0 aromatic rings. The highest BCUT2D eigenvalue weighted by atomic mass is 16.3. The summed E-state index contributed by atoms with van der Waals surface area (Å²) >= 11 is 0. The van der Waals surface area contributed by atoms with Gasteiger partial charge in [-0.2, -0.15) is 0 Å². The molecular weight excluding hydrogens is 264 g/mol. The molecule has 4 atom stereocenters. The minimum atomic E-state index is -0.756. The van der Waals surface area contributed by atoms with Crippen LogP contribution >= 0.6 is 0 Å². The Morgan fingerprint density at radius 2 is 1.81 bits per heavy atom. The molecule has 1 rings (SSSR count). The van der Waals surface area contributed by atoms with Crippen LogP contribution in [0.2, 0.25) is 0 Å². The van der Waals surface area contributed by atoms with Crippen molar-refractivity contribution in [3.63, 3.8) is 0 Å². The molecule has 4 unspecified atom stereocenters. The van der Waals surface area contributed by atoms with Gasteiger partial charge in [-0.15, -0.1) is 0 Å². The molecule has 4 heteroatoms. The van der Waals surface area contributed by atoms with Gasteiger partial charge in [-0.25, -0.2) is 0 Å². The van der Waals surface area contributed by atoms with Gasteiger partial charge in [0.2, 0.25) is 0 Å². The van der Waals surface area contributed by atoms with Crippen LogP contribution in [-0.2, 0) is 0 Å². The van der Waals surface area contributed by atoms with E-state index in [0.29, 0.717) is 18.0 Å². The van der Waals surface area contributed by atoms with Crippen LogP contribution in [0.1, 0.15) is 71.6 Å². The molecule has 0 fully saturated rings. The Hall–Kier alpha value is -0.740. The fourth-order valence-corrected chi connectivity index (χ4v) is 3.46. The molecular formula is C17H34N2O2. The monoisotopic (exact) mass is 298 g/mol. The summed E-state index contributed by atoms with van der Waals surface area (Å²) in [4.78, 5) is 0. The van der Waals surface area contributed by atoms with E-state index in [0.717, 1.165) is 38.5 Å². The van der Waals surface area contributed by atoms with Crippen molar-refractivity contribution in [1.82, 2.24) is 0 Å². The molecule has 0 aromatic heterocycles. The third-order valence-electron chi connectivity index (χ3n) is 4.91. The first-order valence-electron chi connectivity index (χ1n) is 8.60. The number of aliphatic hydroxyl groups excluding tert-OH is 2. The highest BCUT2D eigenvalue weighted by Gasteiger charge is 2.32. The molecule has 0 saturated carbocycles. The highest BCUT2D eigenvalue weighted by Crippen LogP contribution is 2.30. The van der Waals surface area contributed by atoms with E-state index in [-0.39, 0.29) is 11.7 Å². The Labute approximate surface area is 129 Å². The molecule has 0 aliphatic heterocycles. The third kappa shape index (κ3) is 5.51. The van der Waals surface area contributed by atoms with Gasteiger partial charge < -0.3 is 21.7 Å². The average Bonchev–Trinajstić information content (AvgIpc) is 2.46. The van der Waals surface area contributed by atoms with Gasteiger partial charge in [-0.05, 0) is 31.1 Å². The van der Waals surface area contributed by atoms with Crippen molar-refractivity contribution >= 4 is 0 Å². The summed E-state index contributed by atoms with van der Waals surface area (Å²) < 4.78 is 0. The van der Waals surface area contributed by atoms with Crippen LogP contribution in [0.25, 0.3) is 0 Å². The third-order valence-corrected chi connectivity index (χ3v) is 4.91. The van der Waals surface area contributed by atoms with Crippen LogP contribution < -0.4 is 11.5 Å². The fraction of sp³-hybridized carbons (Fsp3) is 0.882. The highest BCUT2D eigenvalue weighted by molar-refractivity contribution is 5.12. The molecule has 0 amide bonds. The van der Waals surface area contributed by atoms with Crippen molar-refractivity contribution in [2.24, 2.45) is 23.3 Å². The van der Waals surface area contributed by atoms with Crippen LogP contribution in [0.4, 0.5) is 0 Å². The van der Waals surface area contributed by atoms with E-state index in [1.54, 1.807) is 0 Å². The first-order chi connectivity index (χ1) is 9.99. The van der Waals surface area contributed by atoms with Gasteiger partial charge in [0.25, 0.3) is 0 Å². The van der Waals surface area contributed by atoms with Crippen molar-refractivity contribution in [2.75, 3.05) is 0 Å². The molecule has 0 aromatic carbocycles. The first-order valence-corrected chi connectivity index (χ1v) is 8.60. The Balaban J connectivity index is 2.90. The predicted octanol–water partition coefficient (Wildman–Crippen LogP) is 3.20. The topological polar surface area (TPSA) is 92.5 Å². The zero-order valence-electron chi connectivity index (χ0n) is 13.7. The molecule has 124 valence electrons. The Morgan fingerprint density at radius 3 is 2.48 bits per heavy atom. The summed E-state index contributed by atoms with van der Waals surface area (Å²) in [5.74, 6) is 0.541. The lowest BCUT2D eigenvalue weighted by molar-refractivity contribution is 0.0433. The van der Waals surface area contributed by atoms with Gasteiger partial charge in [0.05, 0.1) is 12.1 Å². The second kappa shape index (κ2) is 9.31. The van der Waals surface area contributed by atoms with Gasteiger partial charge in [0.1, 0.15) is 5.76 Å². The lowest BCUT2D eigenvalue weighted by Crippen LogP contribution is -2.44. The molecule has 0 bridgehead atoms. The predicted molar refractivity (Wildman–Crippen MR) is 87.7 cm³/mol. The minimum absolute atomic E-state index is 0.00299. The summed E-state index contributed by atoms with van der Waals surface area (Å²) in [5, 5.41) is 20.8. The van der Waals surface area contributed by atoms with Gasteiger partial charge in [0.15, 0.2) is 0 Å². The molecule has 0 heterocycles. The number of nitrogens with two attached hydrogens (primary N) is 2. The van der Waals surface area contributed by atoms with Crippen LogP contribution in [0.5, 0.6) is 0 Å². The summed E-state index contributed by atoms with van der Waals surface area (Å²) in [6.07, 6.45) is 8.75. The maximum Gasteiger partial charge on any atom is 0.130 e. The van der Waals surface area contributed by atoms with Crippen LogP contribution in [0.3, 0.4) is 0 Å². The smallest absolute Gasteiger partial charge is 0.130 e. The molecule has 0 saturated heterocycles. The minimum Gasteiger partial charge on any atom is -0.509 e. The Bertz CT molecular complexity index is 331. The number of rotatable bonds is 3. The summed E-state index contributed by atoms with van der Waals surface area (Å²) in [5.41, 5.74) is 12.5. The van der Waals surface area contributed by atoms with Gasteiger partial charge in [-0.3, -0.25) is 0 Å². The van der Waals surface area contributed by atoms with Crippen LogP contribution in [0, 0.1) is 11.8 Å². The molecule has 4 nitrogen and oxygen atoms in total. The van der Waals surface area contributed by atoms with Gasteiger partial charge in [-0.1, -0.05) is 52.4 Å². The van der Waals surface area contributed by atoms with Crippen LogP contribution in [-0.4, -0.2) is 22.4 Å². The second-order valence-electron chi connectivity index (χ2n) is 6.66. The van der Waals surface area contributed by atoms with E-state index >= 15 is 0 Å². The standard InChI is InChI=1S/C17H34N2O2/c1-3-9-12(2)13-10-7-5-4-6-8-11-14(18)17(21)15(19)16(13)20/h12-13,15-16,20-21H,3-11,18-19H2,1-2H3/b17-14-. The van der Waals surface area contributed by atoms with Crippen molar-refractivity contribution < 1.29 is 10.2 Å². The quantitative estimate of drug-likeness (QED) is 0.644. The zero-order valence-corrected chi connectivity index (χ0v) is 13.7. The summed E-state index contributed by atoms with van der Waals surface area (Å²) in [6, 6.07) is -0.756. The van der Waals surface area contributed by atoms with E-state index in [2.05, 4.69) is 13.8 Å². The average molecular weight is 298 g/mol. The number of aliphatic hydroxyl groups is 2. The molecule has 0 spiro atoms. The molecule has 21 heavy (non-hydrogen) atoms. The summed E-state index contributed by atoms with van der Waals surface area (Å²) in [6.45, 7) is 4.34. The maximum absolute atomic E-state index is 10.6. The SMILES string of the molecule is CCCC(C)C1CCCCCCC/C(N)=C(/O)C(N)C1O. The second-order valence-corrected chi connectivity index (χ2v) is 6.66. The molecule has 6 N–H and O–H groups in total. The van der Waals surface area contributed by atoms with E-state index in [4.69, 9.17) is 11.5 Å². The first kappa shape index (κ1) is 18.3. The number of allylic oxidation sites excluding steroid dienone is 1. The lowest BCUT2D eigenvalue weighted by Gasteiger charge is -2.32. The van der Waals surface area contributed by atoms with Crippen molar-refractivity contribution in [3.05, 3.63) is 11.5 Å². The Morgan fingerprint density at radius 1 is 1.19 bits per heavy atom. The lowest BCUT2D eigenvalue weighted by atomic mass is 9.79. The Kier molecular flexibility index (Phi) is 8.12. The van der Waals surface area contributed by atoms with Crippen LogP contribution in [0.15, 0.2) is 11.5 Å². The van der Waals surface area contributed by atoms with E-state index in [1.807, 2.05) is 0 Å². The number of hydrogen-bond donors (Lipinski definition) is 4. The largest absolute Gasteiger partial charge is 0.509 e. The summed E-state index contributed by atoms with van der Waals surface area (Å²) in [7, 11) is 0. The van der Waals surface area contributed by atoms with E-state index in [1.165, 1.54) is 12.8 Å². The molecule has 1 aliphatic carbocycles. The molecule has 1 aliphatic rings. The van der Waals surface area contributed by atoms with Crippen molar-refractivity contribution in [1.29, 1.82) is 0 Å². The van der Waals surface area contributed by atoms with Gasteiger partial charge in [0, 0.05) is 5.70 Å². The van der Waals surface area contributed by atoms with E-state index < -0.39 is 12.1 Å². The van der Waals surface area contributed by atoms with Crippen molar-refractivity contribution in [2.45, 2.75) is 83.8 Å². The zero-order chi connectivity index (χ0) is 15.8.